The van der Waals surface area contributed by atoms with E-state index in [1.165, 1.54) is 0 Å². The van der Waals surface area contributed by atoms with Crippen molar-refractivity contribution in [2.75, 3.05) is 6.79 Å². The lowest BCUT2D eigenvalue weighted by Gasteiger charge is -2.08. The van der Waals surface area contributed by atoms with E-state index in [1.807, 2.05) is 17.7 Å². The first-order chi connectivity index (χ1) is 8.83. The van der Waals surface area contributed by atoms with Crippen LogP contribution in [-0.4, -0.2) is 22.9 Å². The van der Waals surface area contributed by atoms with Crippen LogP contribution >= 0.6 is 0 Å². The highest BCUT2D eigenvalue weighted by molar-refractivity contribution is 5.83. The molecule has 0 atom stereocenters. The van der Waals surface area contributed by atoms with E-state index >= 15 is 0 Å². The third-order valence-corrected chi connectivity index (χ3v) is 2.92. The smallest absolute Gasteiger partial charge is 0.231 e. The summed E-state index contributed by atoms with van der Waals surface area (Å²) in [6, 6.07) is 5.38. The number of hydrogen-bond donors (Lipinski definition) is 0. The van der Waals surface area contributed by atoms with Gasteiger partial charge in [-0.25, -0.2) is 0 Å². The van der Waals surface area contributed by atoms with Crippen molar-refractivity contribution in [2.24, 2.45) is 0 Å². The maximum atomic E-state index is 11.0. The van der Waals surface area contributed by atoms with Gasteiger partial charge in [0.05, 0.1) is 5.69 Å². The Kier molecular flexibility index (Phi) is 2.51. The van der Waals surface area contributed by atoms with Crippen LogP contribution in [0.1, 0.15) is 17.3 Å². The molecular formula is C13H12N2O3. The quantitative estimate of drug-likeness (QED) is 0.776. The fraction of sp³-hybridized carbons (Fsp3) is 0.231. The van der Waals surface area contributed by atoms with Crippen LogP contribution in [0.5, 0.6) is 11.5 Å². The molecule has 0 saturated carbocycles. The van der Waals surface area contributed by atoms with E-state index in [0.717, 1.165) is 24.1 Å². The van der Waals surface area contributed by atoms with Crippen LogP contribution in [0.3, 0.4) is 0 Å². The number of aromatic nitrogens is 2. The van der Waals surface area contributed by atoms with Gasteiger partial charge in [0, 0.05) is 23.9 Å². The highest BCUT2D eigenvalue weighted by atomic mass is 16.7. The van der Waals surface area contributed by atoms with Crippen molar-refractivity contribution in [1.82, 2.24) is 9.78 Å². The summed E-state index contributed by atoms with van der Waals surface area (Å²) < 4.78 is 12.7. The van der Waals surface area contributed by atoms with Gasteiger partial charge in [0.1, 0.15) is 6.29 Å². The lowest BCUT2D eigenvalue weighted by Crippen LogP contribution is -2.00. The normalized spacial score (nSPS) is 12.7. The van der Waals surface area contributed by atoms with E-state index in [9.17, 15) is 4.79 Å². The van der Waals surface area contributed by atoms with Gasteiger partial charge in [-0.2, -0.15) is 5.10 Å². The van der Waals surface area contributed by atoms with Crippen LogP contribution in [0.2, 0.25) is 0 Å². The molecule has 1 aliphatic rings. The molecule has 0 fully saturated rings. The van der Waals surface area contributed by atoms with Crippen molar-refractivity contribution < 1.29 is 14.3 Å². The number of fused-ring (bicyclic) bond motifs is 1. The van der Waals surface area contributed by atoms with E-state index in [0.29, 0.717) is 17.1 Å². The standard InChI is InChI=1S/C13H12N2O3/c1-2-15-11(3-4-14-15)10-5-9(7-16)6-12-13(10)18-8-17-12/h3-7H,2,8H2,1H3. The Morgan fingerprint density at radius 3 is 3.11 bits per heavy atom. The van der Waals surface area contributed by atoms with E-state index in [1.54, 1.807) is 18.3 Å². The molecule has 5 nitrogen and oxygen atoms in total. The minimum Gasteiger partial charge on any atom is -0.454 e. The van der Waals surface area contributed by atoms with Gasteiger partial charge < -0.3 is 9.47 Å². The van der Waals surface area contributed by atoms with Gasteiger partial charge in [0.2, 0.25) is 6.79 Å². The van der Waals surface area contributed by atoms with Crippen molar-refractivity contribution in [3.05, 3.63) is 30.0 Å². The highest BCUT2D eigenvalue weighted by Gasteiger charge is 2.22. The number of carbonyl (C=O) groups is 1. The molecule has 0 bridgehead atoms. The maximum Gasteiger partial charge on any atom is 0.231 e. The number of benzene rings is 1. The predicted octanol–water partition coefficient (Wildman–Crippen LogP) is 2.11. The number of ether oxygens (including phenoxy) is 2. The minimum atomic E-state index is 0.185. The van der Waals surface area contributed by atoms with Gasteiger partial charge >= 0.3 is 0 Å². The molecule has 0 aliphatic carbocycles. The first-order valence-electron chi connectivity index (χ1n) is 5.74. The maximum absolute atomic E-state index is 11.0. The molecule has 0 radical (unpaired) electrons. The zero-order valence-corrected chi connectivity index (χ0v) is 9.92. The fourth-order valence-electron chi connectivity index (χ4n) is 2.10. The monoisotopic (exact) mass is 244 g/mol. The Bertz CT molecular complexity index is 604. The Hall–Kier alpha value is -2.30. The summed E-state index contributed by atoms with van der Waals surface area (Å²) in [6.07, 6.45) is 2.53. The first kappa shape index (κ1) is 10.8. The molecule has 1 aliphatic heterocycles. The predicted molar refractivity (Wildman–Crippen MR) is 64.8 cm³/mol. The third-order valence-electron chi connectivity index (χ3n) is 2.92. The van der Waals surface area contributed by atoms with Crippen LogP contribution in [-0.2, 0) is 6.54 Å². The van der Waals surface area contributed by atoms with Gasteiger partial charge in [-0.3, -0.25) is 9.48 Å². The largest absolute Gasteiger partial charge is 0.454 e. The number of hydrogen-bond acceptors (Lipinski definition) is 4. The average molecular weight is 244 g/mol. The van der Waals surface area contributed by atoms with Crippen molar-refractivity contribution in [1.29, 1.82) is 0 Å². The average Bonchev–Trinajstić information content (AvgIpc) is 3.05. The number of aldehydes is 1. The fourth-order valence-corrected chi connectivity index (χ4v) is 2.10. The minimum absolute atomic E-state index is 0.185. The summed E-state index contributed by atoms with van der Waals surface area (Å²) >= 11 is 0. The molecule has 2 aromatic rings. The summed E-state index contributed by atoms with van der Waals surface area (Å²) in [4.78, 5) is 11.0. The van der Waals surface area contributed by atoms with E-state index in [4.69, 9.17) is 9.47 Å². The van der Waals surface area contributed by atoms with Crippen LogP contribution in [0.25, 0.3) is 11.3 Å². The molecule has 1 aromatic carbocycles. The molecule has 0 N–H and O–H groups in total. The van der Waals surface area contributed by atoms with Gasteiger partial charge in [-0.05, 0) is 25.1 Å². The van der Waals surface area contributed by atoms with Gasteiger partial charge in [0.25, 0.3) is 0 Å². The second-order valence-electron chi connectivity index (χ2n) is 3.95. The summed E-state index contributed by atoms with van der Waals surface area (Å²) in [5, 5.41) is 4.22. The van der Waals surface area contributed by atoms with Gasteiger partial charge in [0.15, 0.2) is 11.5 Å². The molecule has 92 valence electrons. The zero-order valence-electron chi connectivity index (χ0n) is 9.92. The number of carbonyl (C=O) groups excluding carboxylic acids is 1. The van der Waals surface area contributed by atoms with Crippen molar-refractivity contribution >= 4 is 6.29 Å². The molecule has 5 heteroatoms. The number of nitrogens with zero attached hydrogens (tertiary/aromatic N) is 2. The van der Waals surface area contributed by atoms with Crippen LogP contribution in [0, 0.1) is 0 Å². The second-order valence-corrected chi connectivity index (χ2v) is 3.95. The Balaban J connectivity index is 2.22. The molecule has 2 heterocycles. The Labute approximate surface area is 104 Å². The summed E-state index contributed by atoms with van der Waals surface area (Å²) in [5.74, 6) is 1.29. The molecular weight excluding hydrogens is 232 g/mol. The van der Waals surface area contributed by atoms with Gasteiger partial charge in [-0.1, -0.05) is 0 Å². The molecule has 1 aromatic heterocycles. The van der Waals surface area contributed by atoms with Crippen LogP contribution in [0.4, 0.5) is 0 Å². The highest BCUT2D eigenvalue weighted by Crippen LogP contribution is 2.42. The molecule has 0 spiro atoms. The first-order valence-corrected chi connectivity index (χ1v) is 5.74. The van der Waals surface area contributed by atoms with E-state index in [-0.39, 0.29) is 6.79 Å². The Morgan fingerprint density at radius 1 is 1.44 bits per heavy atom. The van der Waals surface area contributed by atoms with Crippen LogP contribution < -0.4 is 9.47 Å². The van der Waals surface area contributed by atoms with Gasteiger partial charge in [-0.15, -0.1) is 0 Å². The topological polar surface area (TPSA) is 53.4 Å². The molecule has 0 saturated heterocycles. The van der Waals surface area contributed by atoms with E-state index < -0.39 is 0 Å². The number of rotatable bonds is 3. The SMILES string of the molecule is CCn1nccc1-c1cc(C=O)cc2c1OCO2. The third kappa shape index (κ3) is 1.55. The zero-order chi connectivity index (χ0) is 12.5. The van der Waals surface area contributed by atoms with Crippen molar-refractivity contribution in [3.63, 3.8) is 0 Å². The summed E-state index contributed by atoms with van der Waals surface area (Å²) in [7, 11) is 0. The molecule has 18 heavy (non-hydrogen) atoms. The molecule has 0 amide bonds. The number of aryl methyl sites for hydroxylation is 1. The van der Waals surface area contributed by atoms with Crippen LogP contribution in [0.15, 0.2) is 24.4 Å². The lowest BCUT2D eigenvalue weighted by molar-refractivity contribution is 0.112. The van der Waals surface area contributed by atoms with Crippen molar-refractivity contribution in [2.45, 2.75) is 13.5 Å². The lowest BCUT2D eigenvalue weighted by atomic mass is 10.1. The summed E-state index contributed by atoms with van der Waals surface area (Å²) in [5.41, 5.74) is 2.33. The second kappa shape index (κ2) is 4.18. The van der Waals surface area contributed by atoms with Crippen molar-refractivity contribution in [3.8, 4) is 22.8 Å². The molecule has 3 rings (SSSR count). The van der Waals surface area contributed by atoms with E-state index in [2.05, 4.69) is 5.10 Å². The Morgan fingerprint density at radius 2 is 2.33 bits per heavy atom. The molecule has 0 unspecified atom stereocenters. The summed E-state index contributed by atoms with van der Waals surface area (Å²) in [6.45, 7) is 2.95.